The fraction of sp³-hybridized carbons (Fsp3) is 0.273. The lowest BCUT2D eigenvalue weighted by atomic mass is 10.1. The van der Waals surface area contributed by atoms with Gasteiger partial charge < -0.3 is 15.1 Å². The molecule has 3 aromatic rings. The zero-order valence-corrected chi connectivity index (χ0v) is 18.1. The largest absolute Gasteiger partial charge is 0.367 e. The summed E-state index contributed by atoms with van der Waals surface area (Å²) in [6.07, 6.45) is 0. The minimum Gasteiger partial charge on any atom is -0.367 e. The Balaban J connectivity index is 1.39. The second-order valence-electron chi connectivity index (χ2n) is 7.21. The average molecular weight is 427 g/mol. The molecule has 2 heterocycles. The third-order valence-electron chi connectivity index (χ3n) is 5.11. The number of piperazine rings is 1. The van der Waals surface area contributed by atoms with Crippen LogP contribution in [0.25, 0.3) is 0 Å². The molecule has 0 radical (unpaired) electrons. The van der Waals surface area contributed by atoms with E-state index in [-0.39, 0.29) is 5.91 Å². The summed E-state index contributed by atoms with van der Waals surface area (Å²) in [5, 5.41) is 6.63. The van der Waals surface area contributed by atoms with E-state index in [9.17, 15) is 4.79 Å². The van der Waals surface area contributed by atoms with Crippen LogP contribution in [0, 0.1) is 13.8 Å². The van der Waals surface area contributed by atoms with E-state index in [1.54, 1.807) is 0 Å². The summed E-state index contributed by atoms with van der Waals surface area (Å²) in [4.78, 5) is 21.5. The molecule has 0 atom stereocenters. The summed E-state index contributed by atoms with van der Waals surface area (Å²) < 4.78 is 0. The van der Waals surface area contributed by atoms with Crippen LogP contribution in [0.4, 0.5) is 16.5 Å². The fourth-order valence-electron chi connectivity index (χ4n) is 3.52. The molecular weight excluding hydrogens is 404 g/mol. The van der Waals surface area contributed by atoms with E-state index in [4.69, 9.17) is 11.6 Å². The number of anilines is 3. The topological polar surface area (TPSA) is 48.5 Å². The summed E-state index contributed by atoms with van der Waals surface area (Å²) in [5.41, 5.74) is 4.91. The van der Waals surface area contributed by atoms with Crippen molar-refractivity contribution in [3.8, 4) is 0 Å². The zero-order chi connectivity index (χ0) is 20.4. The Hall–Kier alpha value is -2.57. The highest BCUT2D eigenvalue weighted by Crippen LogP contribution is 2.27. The maximum Gasteiger partial charge on any atom is 0.273 e. The SMILES string of the molecule is Cc1ccc(Nc2nc(C(=O)N3CCN(c4ccccc4Cl)CC3)cs2)c(C)c1. The van der Waals surface area contributed by atoms with Crippen LogP contribution in [0.3, 0.4) is 0 Å². The summed E-state index contributed by atoms with van der Waals surface area (Å²) in [7, 11) is 0. The molecule has 0 bridgehead atoms. The van der Waals surface area contributed by atoms with Crippen LogP contribution in [0.15, 0.2) is 47.8 Å². The van der Waals surface area contributed by atoms with Gasteiger partial charge in [0.15, 0.2) is 5.13 Å². The molecule has 2 aromatic carbocycles. The molecule has 1 saturated heterocycles. The number of carbonyl (C=O) groups excluding carboxylic acids is 1. The number of aromatic nitrogens is 1. The molecule has 29 heavy (non-hydrogen) atoms. The Morgan fingerprint density at radius 3 is 2.59 bits per heavy atom. The normalized spacial score (nSPS) is 14.2. The number of hydrogen-bond acceptors (Lipinski definition) is 5. The van der Waals surface area contributed by atoms with Crippen LogP contribution in [0.1, 0.15) is 21.6 Å². The molecule has 0 unspecified atom stereocenters. The van der Waals surface area contributed by atoms with E-state index in [2.05, 4.69) is 41.2 Å². The minimum atomic E-state index is -0.0197. The van der Waals surface area contributed by atoms with Crippen LogP contribution < -0.4 is 10.2 Å². The van der Waals surface area contributed by atoms with Gasteiger partial charge in [-0.05, 0) is 37.6 Å². The Morgan fingerprint density at radius 2 is 1.86 bits per heavy atom. The van der Waals surface area contributed by atoms with Gasteiger partial charge in [-0.3, -0.25) is 4.79 Å². The van der Waals surface area contributed by atoms with Gasteiger partial charge >= 0.3 is 0 Å². The number of hydrogen-bond donors (Lipinski definition) is 1. The first-order valence-corrected chi connectivity index (χ1v) is 10.9. The lowest BCUT2D eigenvalue weighted by molar-refractivity contribution is 0.0742. The number of nitrogens with one attached hydrogen (secondary N) is 1. The van der Waals surface area contributed by atoms with Crippen molar-refractivity contribution in [2.24, 2.45) is 0 Å². The van der Waals surface area contributed by atoms with Gasteiger partial charge in [-0.2, -0.15) is 0 Å². The Labute approximate surface area is 179 Å². The molecule has 1 aliphatic rings. The number of halogens is 1. The van der Waals surface area contributed by atoms with Gasteiger partial charge in [-0.25, -0.2) is 4.98 Å². The van der Waals surface area contributed by atoms with Gasteiger partial charge in [0.25, 0.3) is 5.91 Å². The number of benzene rings is 2. The van der Waals surface area contributed by atoms with Crippen LogP contribution in [0.2, 0.25) is 5.02 Å². The molecule has 1 amide bonds. The van der Waals surface area contributed by atoms with Gasteiger partial charge in [0, 0.05) is 37.2 Å². The molecule has 4 rings (SSSR count). The lowest BCUT2D eigenvalue weighted by Crippen LogP contribution is -2.49. The van der Waals surface area contributed by atoms with Crippen molar-refractivity contribution < 1.29 is 4.79 Å². The highest BCUT2D eigenvalue weighted by atomic mass is 35.5. The summed E-state index contributed by atoms with van der Waals surface area (Å²) >= 11 is 7.75. The van der Waals surface area contributed by atoms with Crippen molar-refractivity contribution >= 4 is 45.4 Å². The molecule has 0 aliphatic carbocycles. The highest BCUT2D eigenvalue weighted by molar-refractivity contribution is 7.14. The van der Waals surface area contributed by atoms with Crippen LogP contribution in [0.5, 0.6) is 0 Å². The number of aryl methyl sites for hydroxylation is 2. The van der Waals surface area contributed by atoms with Gasteiger partial charge in [-0.15, -0.1) is 11.3 Å². The molecule has 1 N–H and O–H groups in total. The number of rotatable bonds is 4. The number of amides is 1. The number of para-hydroxylation sites is 1. The van der Waals surface area contributed by atoms with Gasteiger partial charge in [0.05, 0.1) is 10.7 Å². The molecule has 0 saturated carbocycles. The van der Waals surface area contributed by atoms with E-state index in [0.29, 0.717) is 18.8 Å². The first kappa shape index (κ1) is 19.7. The predicted molar refractivity (Wildman–Crippen MR) is 121 cm³/mol. The quantitative estimate of drug-likeness (QED) is 0.629. The van der Waals surface area contributed by atoms with E-state index < -0.39 is 0 Å². The maximum atomic E-state index is 12.9. The van der Waals surface area contributed by atoms with E-state index >= 15 is 0 Å². The van der Waals surface area contributed by atoms with Gasteiger partial charge in [-0.1, -0.05) is 41.4 Å². The van der Waals surface area contributed by atoms with Crippen molar-refractivity contribution in [2.75, 3.05) is 36.4 Å². The van der Waals surface area contributed by atoms with Crippen molar-refractivity contribution in [3.05, 3.63) is 69.7 Å². The summed E-state index contributed by atoms with van der Waals surface area (Å²) in [6, 6.07) is 14.1. The van der Waals surface area contributed by atoms with Crippen molar-refractivity contribution in [2.45, 2.75) is 13.8 Å². The third kappa shape index (κ3) is 4.38. The average Bonchev–Trinajstić information content (AvgIpc) is 3.19. The smallest absolute Gasteiger partial charge is 0.273 e. The number of nitrogens with zero attached hydrogens (tertiary/aromatic N) is 3. The zero-order valence-electron chi connectivity index (χ0n) is 16.5. The van der Waals surface area contributed by atoms with E-state index in [0.717, 1.165) is 40.2 Å². The van der Waals surface area contributed by atoms with Crippen molar-refractivity contribution in [1.82, 2.24) is 9.88 Å². The predicted octanol–water partition coefficient (Wildman–Crippen LogP) is 5.12. The summed E-state index contributed by atoms with van der Waals surface area (Å²) in [6.45, 7) is 6.96. The maximum absolute atomic E-state index is 12.9. The van der Waals surface area contributed by atoms with Crippen molar-refractivity contribution in [1.29, 1.82) is 0 Å². The molecule has 150 valence electrons. The second-order valence-corrected chi connectivity index (χ2v) is 8.48. The first-order chi connectivity index (χ1) is 14.0. The number of thiazole rings is 1. The lowest BCUT2D eigenvalue weighted by Gasteiger charge is -2.36. The van der Waals surface area contributed by atoms with Crippen LogP contribution in [-0.2, 0) is 0 Å². The van der Waals surface area contributed by atoms with E-state index in [1.807, 2.05) is 40.6 Å². The molecule has 1 fully saturated rings. The molecule has 7 heteroatoms. The van der Waals surface area contributed by atoms with Crippen molar-refractivity contribution in [3.63, 3.8) is 0 Å². The molecule has 1 aromatic heterocycles. The first-order valence-electron chi connectivity index (χ1n) is 9.60. The summed E-state index contributed by atoms with van der Waals surface area (Å²) in [5.74, 6) is -0.0197. The molecule has 1 aliphatic heterocycles. The standard InChI is InChI=1S/C22H23ClN4OS/c1-15-7-8-18(16(2)13-15)24-22-25-19(14-29-22)21(28)27-11-9-26(10-12-27)20-6-4-3-5-17(20)23/h3-8,13-14H,9-12H2,1-2H3,(H,24,25). The van der Waals surface area contributed by atoms with Crippen LogP contribution in [-0.4, -0.2) is 42.0 Å². The van der Waals surface area contributed by atoms with Crippen LogP contribution >= 0.6 is 22.9 Å². The number of carbonyl (C=O) groups is 1. The van der Waals surface area contributed by atoms with Gasteiger partial charge in [0.1, 0.15) is 5.69 Å². The van der Waals surface area contributed by atoms with E-state index in [1.165, 1.54) is 16.9 Å². The highest BCUT2D eigenvalue weighted by Gasteiger charge is 2.24. The molecular formula is C22H23ClN4OS. The second kappa shape index (κ2) is 8.43. The Kier molecular flexibility index (Phi) is 5.74. The Bertz CT molecular complexity index is 1030. The fourth-order valence-corrected chi connectivity index (χ4v) is 4.47. The Morgan fingerprint density at radius 1 is 1.10 bits per heavy atom. The monoisotopic (exact) mass is 426 g/mol. The molecule has 5 nitrogen and oxygen atoms in total. The molecule has 0 spiro atoms. The third-order valence-corrected chi connectivity index (χ3v) is 6.18. The van der Waals surface area contributed by atoms with Gasteiger partial charge in [0.2, 0.25) is 0 Å². The minimum absolute atomic E-state index is 0.0197.